The van der Waals surface area contributed by atoms with Crippen LogP contribution in [0.1, 0.15) is 31.8 Å². The Hall–Kier alpha value is -2.75. The number of hydrogen-bond donors (Lipinski definition) is 1. The molecule has 0 heterocycles. The predicted molar refractivity (Wildman–Crippen MR) is 87.2 cm³/mol. The van der Waals surface area contributed by atoms with Gasteiger partial charge in [-0.05, 0) is 36.4 Å². The first-order valence-corrected chi connectivity index (χ1v) is 7.69. The van der Waals surface area contributed by atoms with Crippen molar-refractivity contribution in [2.45, 2.75) is 12.4 Å². The van der Waals surface area contributed by atoms with E-state index in [0.717, 1.165) is 13.2 Å². The molecule has 0 bridgehead atoms. The van der Waals surface area contributed by atoms with E-state index in [1.165, 1.54) is 12.1 Å². The van der Waals surface area contributed by atoms with E-state index in [4.69, 9.17) is 11.6 Å². The maximum atomic E-state index is 12.9. The van der Waals surface area contributed by atoms with E-state index in [-0.39, 0.29) is 34.5 Å². The zero-order valence-corrected chi connectivity index (χ0v) is 14.6. The Morgan fingerprint density at radius 1 is 0.893 bits per heavy atom. The predicted octanol–water partition coefficient (Wildman–Crippen LogP) is 5.42. The Kier molecular flexibility index (Phi) is 5.93. The van der Waals surface area contributed by atoms with Crippen LogP contribution >= 0.6 is 11.6 Å². The highest BCUT2D eigenvalue weighted by molar-refractivity contribution is 6.34. The summed E-state index contributed by atoms with van der Waals surface area (Å²) in [5, 5.41) is 2.00. The molecule has 28 heavy (non-hydrogen) atoms. The molecule has 2 rings (SSSR count). The van der Waals surface area contributed by atoms with E-state index in [2.05, 4.69) is 10.1 Å². The minimum atomic E-state index is -5.10. The molecule has 0 atom stereocenters. The standard InChI is InChI=1S/C17H10ClF6NO3/c1-28-15(27)8-2-3-12(18)13(6-8)25-14(26)9-4-10(16(19,20)21)7-11(5-9)17(22,23)24/h2-7H,1H3,(H,25,26). The van der Waals surface area contributed by atoms with Crippen molar-refractivity contribution >= 4 is 29.2 Å². The second kappa shape index (κ2) is 7.70. The smallest absolute Gasteiger partial charge is 0.416 e. The summed E-state index contributed by atoms with van der Waals surface area (Å²) in [7, 11) is 1.09. The number of alkyl halides is 6. The first-order chi connectivity index (χ1) is 12.8. The van der Waals surface area contributed by atoms with Crippen molar-refractivity contribution in [2.24, 2.45) is 0 Å². The van der Waals surface area contributed by atoms with Crippen molar-refractivity contribution in [2.75, 3.05) is 12.4 Å². The average molecular weight is 426 g/mol. The number of methoxy groups -OCH3 is 1. The van der Waals surface area contributed by atoms with Crippen LogP contribution in [0.4, 0.5) is 32.0 Å². The topological polar surface area (TPSA) is 55.4 Å². The second-order valence-electron chi connectivity index (χ2n) is 5.43. The molecule has 150 valence electrons. The molecule has 0 saturated carbocycles. The first-order valence-electron chi connectivity index (χ1n) is 7.31. The Balaban J connectivity index is 2.46. The number of nitrogens with one attached hydrogen (secondary N) is 1. The van der Waals surface area contributed by atoms with E-state index in [0.29, 0.717) is 0 Å². The highest BCUT2D eigenvalue weighted by Gasteiger charge is 2.37. The highest BCUT2D eigenvalue weighted by Crippen LogP contribution is 2.36. The molecule has 0 aliphatic carbocycles. The maximum Gasteiger partial charge on any atom is 0.416 e. The van der Waals surface area contributed by atoms with Crippen LogP contribution < -0.4 is 5.32 Å². The van der Waals surface area contributed by atoms with Crippen molar-refractivity contribution < 1.29 is 40.7 Å². The van der Waals surface area contributed by atoms with Gasteiger partial charge in [-0.15, -0.1) is 0 Å². The summed E-state index contributed by atoms with van der Waals surface area (Å²) in [5.41, 5.74) is -4.40. The fourth-order valence-corrected chi connectivity index (χ4v) is 2.31. The molecular formula is C17H10ClF6NO3. The van der Waals surface area contributed by atoms with Gasteiger partial charge in [-0.3, -0.25) is 4.79 Å². The molecule has 0 aromatic heterocycles. The van der Waals surface area contributed by atoms with Gasteiger partial charge in [0.25, 0.3) is 5.91 Å². The maximum absolute atomic E-state index is 12.9. The first kappa shape index (κ1) is 21.5. The molecule has 2 aromatic carbocycles. The lowest BCUT2D eigenvalue weighted by Gasteiger charge is -2.14. The second-order valence-corrected chi connectivity index (χ2v) is 5.84. The lowest BCUT2D eigenvalue weighted by molar-refractivity contribution is -0.143. The fourth-order valence-electron chi connectivity index (χ4n) is 2.15. The quantitative estimate of drug-likeness (QED) is 0.528. The van der Waals surface area contributed by atoms with E-state index in [9.17, 15) is 35.9 Å². The lowest BCUT2D eigenvalue weighted by atomic mass is 10.0. The summed E-state index contributed by atoms with van der Waals surface area (Å²) in [6.45, 7) is 0. The Morgan fingerprint density at radius 3 is 1.89 bits per heavy atom. The number of esters is 1. The number of benzene rings is 2. The summed E-state index contributed by atoms with van der Waals surface area (Å²) in [5.74, 6) is -2.06. The normalized spacial score (nSPS) is 11.9. The van der Waals surface area contributed by atoms with Crippen LogP contribution in [0.2, 0.25) is 5.02 Å². The van der Waals surface area contributed by atoms with Gasteiger partial charge in [0, 0.05) is 5.56 Å². The Morgan fingerprint density at radius 2 is 1.43 bits per heavy atom. The van der Waals surface area contributed by atoms with E-state index < -0.39 is 40.9 Å². The molecule has 2 aromatic rings. The largest absolute Gasteiger partial charge is 0.465 e. The van der Waals surface area contributed by atoms with Gasteiger partial charge < -0.3 is 10.1 Å². The summed E-state index contributed by atoms with van der Waals surface area (Å²) in [6.07, 6.45) is -10.2. The molecule has 0 unspecified atom stereocenters. The molecule has 1 amide bonds. The molecule has 0 aliphatic rings. The van der Waals surface area contributed by atoms with Crippen LogP contribution in [-0.2, 0) is 17.1 Å². The third kappa shape index (κ3) is 4.94. The molecule has 0 fully saturated rings. The molecular weight excluding hydrogens is 416 g/mol. The van der Waals surface area contributed by atoms with Gasteiger partial charge in [-0.25, -0.2) is 4.79 Å². The molecule has 0 aliphatic heterocycles. The Labute approximate surface area is 159 Å². The van der Waals surface area contributed by atoms with Gasteiger partial charge in [0.05, 0.1) is 34.5 Å². The van der Waals surface area contributed by atoms with Crippen LogP contribution in [0.15, 0.2) is 36.4 Å². The zero-order valence-electron chi connectivity index (χ0n) is 13.8. The van der Waals surface area contributed by atoms with Gasteiger partial charge in [-0.2, -0.15) is 26.3 Å². The number of rotatable bonds is 3. The number of halogens is 7. The van der Waals surface area contributed by atoms with Crippen LogP contribution in [0.5, 0.6) is 0 Å². The third-order valence-electron chi connectivity index (χ3n) is 3.49. The van der Waals surface area contributed by atoms with Gasteiger partial charge >= 0.3 is 18.3 Å². The number of carbonyl (C=O) groups excluding carboxylic acids is 2. The van der Waals surface area contributed by atoms with E-state index in [1.807, 2.05) is 0 Å². The number of anilines is 1. The summed E-state index contributed by atoms with van der Waals surface area (Å²) in [6, 6.07) is 4.00. The number of carbonyl (C=O) groups is 2. The van der Waals surface area contributed by atoms with Gasteiger partial charge in [0.1, 0.15) is 0 Å². The van der Waals surface area contributed by atoms with Crippen molar-refractivity contribution in [1.82, 2.24) is 0 Å². The van der Waals surface area contributed by atoms with Gasteiger partial charge in [0.15, 0.2) is 0 Å². The van der Waals surface area contributed by atoms with Gasteiger partial charge in [-0.1, -0.05) is 11.6 Å². The van der Waals surface area contributed by atoms with Crippen molar-refractivity contribution in [3.63, 3.8) is 0 Å². The molecule has 11 heteroatoms. The van der Waals surface area contributed by atoms with Crippen molar-refractivity contribution in [3.05, 3.63) is 63.7 Å². The van der Waals surface area contributed by atoms with Crippen LogP contribution in [0.3, 0.4) is 0 Å². The third-order valence-corrected chi connectivity index (χ3v) is 3.82. The highest BCUT2D eigenvalue weighted by atomic mass is 35.5. The lowest BCUT2D eigenvalue weighted by Crippen LogP contribution is -2.17. The summed E-state index contributed by atoms with van der Waals surface area (Å²) >= 11 is 5.86. The summed E-state index contributed by atoms with van der Waals surface area (Å²) < 4.78 is 81.9. The molecule has 0 spiro atoms. The average Bonchev–Trinajstić information content (AvgIpc) is 2.61. The molecule has 1 N–H and O–H groups in total. The van der Waals surface area contributed by atoms with Crippen molar-refractivity contribution in [3.8, 4) is 0 Å². The van der Waals surface area contributed by atoms with E-state index >= 15 is 0 Å². The molecule has 0 saturated heterocycles. The van der Waals surface area contributed by atoms with Crippen molar-refractivity contribution in [1.29, 1.82) is 0 Å². The fraction of sp³-hybridized carbons (Fsp3) is 0.176. The van der Waals surface area contributed by atoms with Crippen LogP contribution in [0, 0.1) is 0 Å². The van der Waals surface area contributed by atoms with Crippen LogP contribution in [-0.4, -0.2) is 19.0 Å². The molecule has 0 radical (unpaired) electrons. The van der Waals surface area contributed by atoms with Gasteiger partial charge in [0.2, 0.25) is 0 Å². The number of ether oxygens (including phenoxy) is 1. The molecule has 4 nitrogen and oxygen atoms in total. The minimum absolute atomic E-state index is 0.0396. The minimum Gasteiger partial charge on any atom is -0.465 e. The SMILES string of the molecule is COC(=O)c1ccc(Cl)c(NC(=O)c2cc(C(F)(F)F)cc(C(F)(F)F)c2)c1. The number of hydrogen-bond acceptors (Lipinski definition) is 3. The van der Waals surface area contributed by atoms with Crippen LogP contribution in [0.25, 0.3) is 0 Å². The zero-order chi connectivity index (χ0) is 21.3. The summed E-state index contributed by atoms with van der Waals surface area (Å²) in [4.78, 5) is 23.8. The Bertz CT molecular complexity index is 892. The monoisotopic (exact) mass is 425 g/mol. The van der Waals surface area contributed by atoms with E-state index in [1.54, 1.807) is 0 Å². The number of amides is 1.